The summed E-state index contributed by atoms with van der Waals surface area (Å²) < 4.78 is 2.05. The van der Waals surface area contributed by atoms with Gasteiger partial charge in [0.2, 0.25) is 0 Å². The number of hydrogen-bond acceptors (Lipinski definition) is 3. The van der Waals surface area contributed by atoms with Crippen molar-refractivity contribution in [2.24, 2.45) is 7.05 Å². The third-order valence-corrected chi connectivity index (χ3v) is 2.94. The van der Waals surface area contributed by atoms with E-state index in [4.69, 9.17) is 0 Å². The van der Waals surface area contributed by atoms with E-state index in [-0.39, 0.29) is 0 Å². The van der Waals surface area contributed by atoms with E-state index in [0.29, 0.717) is 5.25 Å². The van der Waals surface area contributed by atoms with Gasteiger partial charge in [0.1, 0.15) is 0 Å². The lowest BCUT2D eigenvalue weighted by molar-refractivity contribution is 0.707. The van der Waals surface area contributed by atoms with Crippen LogP contribution in [0.2, 0.25) is 0 Å². The lowest BCUT2D eigenvalue weighted by Crippen LogP contribution is -2.22. The molecule has 1 atom stereocenters. The van der Waals surface area contributed by atoms with Gasteiger partial charge in [-0.3, -0.25) is 0 Å². The fourth-order valence-corrected chi connectivity index (χ4v) is 1.94. The molecule has 0 amide bonds. The van der Waals surface area contributed by atoms with Crippen LogP contribution in [0.25, 0.3) is 0 Å². The molecule has 0 radical (unpaired) electrons. The van der Waals surface area contributed by atoms with Crippen molar-refractivity contribution in [1.29, 1.82) is 0 Å². The van der Waals surface area contributed by atoms with E-state index >= 15 is 0 Å². The van der Waals surface area contributed by atoms with E-state index in [1.165, 1.54) is 0 Å². The zero-order valence-electron chi connectivity index (χ0n) is 8.45. The Morgan fingerprint density at radius 2 is 2.46 bits per heavy atom. The van der Waals surface area contributed by atoms with Crippen molar-refractivity contribution in [3.63, 3.8) is 0 Å². The van der Waals surface area contributed by atoms with Gasteiger partial charge >= 0.3 is 0 Å². The molecule has 0 spiro atoms. The Morgan fingerprint density at radius 1 is 1.69 bits per heavy atom. The molecular weight excluding hydrogens is 182 g/mol. The summed E-state index contributed by atoms with van der Waals surface area (Å²) >= 11 is 1.81. The molecule has 1 aromatic heterocycles. The Balaban J connectivity index is 2.36. The molecule has 0 aliphatic heterocycles. The van der Waals surface area contributed by atoms with Crippen molar-refractivity contribution in [2.75, 3.05) is 13.1 Å². The zero-order valence-corrected chi connectivity index (χ0v) is 9.27. The molecule has 0 aliphatic rings. The molecule has 1 rings (SSSR count). The van der Waals surface area contributed by atoms with Crippen LogP contribution >= 0.6 is 11.8 Å². The molecule has 1 aromatic rings. The summed E-state index contributed by atoms with van der Waals surface area (Å²) in [6, 6.07) is 0. The highest BCUT2D eigenvalue weighted by molar-refractivity contribution is 7.99. The van der Waals surface area contributed by atoms with Gasteiger partial charge in [0.15, 0.2) is 5.16 Å². The third kappa shape index (κ3) is 3.40. The molecule has 13 heavy (non-hydrogen) atoms. The largest absolute Gasteiger partial charge is 0.329 e. The van der Waals surface area contributed by atoms with Crippen molar-refractivity contribution in [1.82, 2.24) is 14.9 Å². The van der Waals surface area contributed by atoms with Gasteiger partial charge in [-0.15, -0.1) is 0 Å². The van der Waals surface area contributed by atoms with E-state index in [0.717, 1.165) is 18.2 Å². The van der Waals surface area contributed by atoms with Gasteiger partial charge in [-0.25, -0.2) is 4.98 Å². The Labute approximate surface area is 83.9 Å². The lowest BCUT2D eigenvalue weighted by atomic mass is 10.5. The van der Waals surface area contributed by atoms with Crippen LogP contribution in [0.5, 0.6) is 0 Å². The highest BCUT2D eigenvalue weighted by atomic mass is 32.2. The molecule has 1 N–H and O–H groups in total. The Hall–Kier alpha value is -0.480. The first-order valence-electron chi connectivity index (χ1n) is 4.58. The SMILES string of the molecule is CCNCC(C)Sc1nccn1C. The second-order valence-electron chi connectivity index (χ2n) is 3.06. The number of thioether (sulfide) groups is 1. The molecule has 0 saturated carbocycles. The van der Waals surface area contributed by atoms with Crippen LogP contribution in [0.1, 0.15) is 13.8 Å². The minimum absolute atomic E-state index is 0.570. The third-order valence-electron chi connectivity index (χ3n) is 1.77. The van der Waals surface area contributed by atoms with Gasteiger partial charge in [0.25, 0.3) is 0 Å². The zero-order chi connectivity index (χ0) is 9.68. The van der Waals surface area contributed by atoms with Crippen LogP contribution in [0, 0.1) is 0 Å². The molecule has 74 valence electrons. The van der Waals surface area contributed by atoms with Crippen molar-refractivity contribution in [2.45, 2.75) is 24.3 Å². The van der Waals surface area contributed by atoms with Gasteiger partial charge in [-0.2, -0.15) is 0 Å². The highest BCUT2D eigenvalue weighted by Gasteiger charge is 2.06. The summed E-state index contributed by atoms with van der Waals surface area (Å²) in [6.07, 6.45) is 3.81. The smallest absolute Gasteiger partial charge is 0.167 e. The monoisotopic (exact) mass is 199 g/mol. The number of rotatable bonds is 5. The van der Waals surface area contributed by atoms with Gasteiger partial charge < -0.3 is 9.88 Å². The maximum absolute atomic E-state index is 4.26. The summed E-state index contributed by atoms with van der Waals surface area (Å²) in [7, 11) is 2.02. The fraction of sp³-hybridized carbons (Fsp3) is 0.667. The van der Waals surface area contributed by atoms with Crippen molar-refractivity contribution in [3.05, 3.63) is 12.4 Å². The summed E-state index contributed by atoms with van der Waals surface area (Å²) in [5.41, 5.74) is 0. The van der Waals surface area contributed by atoms with E-state index < -0.39 is 0 Å². The molecule has 0 fully saturated rings. The van der Waals surface area contributed by atoms with E-state index in [2.05, 4.69) is 24.1 Å². The fourth-order valence-electron chi connectivity index (χ4n) is 1.03. The molecule has 0 saturated heterocycles. The standard InChI is InChI=1S/C9H17N3S/c1-4-10-7-8(2)13-9-11-5-6-12(9)3/h5-6,8,10H,4,7H2,1-3H3. The quantitative estimate of drug-likeness (QED) is 0.729. The van der Waals surface area contributed by atoms with E-state index in [1.807, 2.05) is 24.0 Å². The van der Waals surface area contributed by atoms with Crippen LogP contribution in [0.15, 0.2) is 17.6 Å². The van der Waals surface area contributed by atoms with E-state index in [9.17, 15) is 0 Å². The number of aromatic nitrogens is 2. The molecule has 3 nitrogen and oxygen atoms in total. The summed E-state index contributed by atoms with van der Waals surface area (Å²) in [4.78, 5) is 4.26. The average molecular weight is 199 g/mol. The van der Waals surface area contributed by atoms with Gasteiger partial charge in [-0.05, 0) is 6.54 Å². The van der Waals surface area contributed by atoms with Crippen molar-refractivity contribution in [3.8, 4) is 0 Å². The van der Waals surface area contributed by atoms with E-state index in [1.54, 1.807) is 11.8 Å². The molecule has 4 heteroatoms. The Bertz CT molecular complexity index is 247. The normalized spacial score (nSPS) is 13.2. The maximum atomic E-state index is 4.26. The predicted molar refractivity (Wildman–Crippen MR) is 57.1 cm³/mol. The number of nitrogens with zero attached hydrogens (tertiary/aromatic N) is 2. The van der Waals surface area contributed by atoms with Gasteiger partial charge in [0, 0.05) is 31.2 Å². The first-order valence-corrected chi connectivity index (χ1v) is 5.46. The van der Waals surface area contributed by atoms with Crippen LogP contribution in [-0.2, 0) is 7.05 Å². The summed E-state index contributed by atoms with van der Waals surface area (Å²) in [6.45, 7) is 6.40. The van der Waals surface area contributed by atoms with Crippen LogP contribution in [-0.4, -0.2) is 27.9 Å². The van der Waals surface area contributed by atoms with Gasteiger partial charge in [0.05, 0.1) is 0 Å². The first-order chi connectivity index (χ1) is 6.24. The Morgan fingerprint density at radius 3 is 3.00 bits per heavy atom. The van der Waals surface area contributed by atoms with Crippen molar-refractivity contribution < 1.29 is 0 Å². The first kappa shape index (κ1) is 10.6. The molecule has 1 unspecified atom stereocenters. The average Bonchev–Trinajstić information content (AvgIpc) is 2.48. The summed E-state index contributed by atoms with van der Waals surface area (Å²) in [5.74, 6) is 0. The highest BCUT2D eigenvalue weighted by Crippen LogP contribution is 2.19. The number of imidazole rings is 1. The maximum Gasteiger partial charge on any atom is 0.167 e. The second kappa shape index (κ2) is 5.29. The molecule has 0 aromatic carbocycles. The minimum atomic E-state index is 0.570. The summed E-state index contributed by atoms with van der Waals surface area (Å²) in [5, 5.41) is 4.98. The number of aryl methyl sites for hydroxylation is 1. The Kier molecular flexibility index (Phi) is 4.32. The van der Waals surface area contributed by atoms with Crippen LogP contribution in [0.3, 0.4) is 0 Å². The lowest BCUT2D eigenvalue weighted by Gasteiger charge is -2.10. The topological polar surface area (TPSA) is 29.9 Å². The second-order valence-corrected chi connectivity index (χ2v) is 4.46. The van der Waals surface area contributed by atoms with Crippen LogP contribution in [0.4, 0.5) is 0 Å². The minimum Gasteiger partial charge on any atom is -0.329 e. The molecular formula is C9H17N3S. The number of hydrogen-bond donors (Lipinski definition) is 1. The molecule has 0 bridgehead atoms. The predicted octanol–water partition coefficient (Wildman–Crippen LogP) is 1.51. The van der Waals surface area contributed by atoms with Gasteiger partial charge in [-0.1, -0.05) is 25.6 Å². The van der Waals surface area contributed by atoms with Crippen LogP contribution < -0.4 is 5.32 Å². The van der Waals surface area contributed by atoms with Crippen molar-refractivity contribution >= 4 is 11.8 Å². The molecule has 0 aliphatic carbocycles. The molecule has 1 heterocycles. The number of nitrogens with one attached hydrogen (secondary N) is 1.